The largest absolute Gasteiger partial charge is 0.192 e. The molecule has 0 saturated carbocycles. The van der Waals surface area contributed by atoms with E-state index in [0.717, 1.165) is 18.4 Å². The van der Waals surface area contributed by atoms with Gasteiger partial charge in [0, 0.05) is 0 Å². The zero-order valence-corrected chi connectivity index (χ0v) is 8.51. The van der Waals surface area contributed by atoms with Gasteiger partial charge >= 0.3 is 0 Å². The van der Waals surface area contributed by atoms with E-state index in [-0.39, 0.29) is 0 Å². The summed E-state index contributed by atoms with van der Waals surface area (Å²) in [6.07, 6.45) is 6.17. The zero-order chi connectivity index (χ0) is 10.4. The predicted octanol–water partition coefficient (Wildman–Crippen LogP) is 3.24. The van der Waals surface area contributed by atoms with Gasteiger partial charge in [-0.15, -0.1) is 0 Å². The molecule has 0 heterocycles. The first-order valence-corrected chi connectivity index (χ1v) is 4.87. The Labute approximate surface area is 85.7 Å². The van der Waals surface area contributed by atoms with Crippen LogP contribution in [0.15, 0.2) is 24.8 Å². The highest BCUT2D eigenvalue weighted by Crippen LogP contribution is 2.12. The van der Waals surface area contributed by atoms with Crippen molar-refractivity contribution < 1.29 is 0 Å². The zero-order valence-electron chi connectivity index (χ0n) is 8.51. The Kier molecular flexibility index (Phi) is 3.94. The van der Waals surface area contributed by atoms with Gasteiger partial charge in [0.25, 0.3) is 0 Å². The molecule has 14 heavy (non-hydrogen) atoms. The molecule has 1 aromatic rings. The van der Waals surface area contributed by atoms with E-state index < -0.39 is 0 Å². The van der Waals surface area contributed by atoms with Gasteiger partial charge < -0.3 is 0 Å². The molecule has 0 aromatic heterocycles. The standard InChI is InChI=1S/C13H14N/c1-3-5-6-12-7-11(4-2)8-13(9-12)10-14/h7-9H,2-3,5-6H2,1H3. The minimum absolute atomic E-state index is 0.699. The molecule has 1 radical (unpaired) electrons. The van der Waals surface area contributed by atoms with E-state index in [1.54, 1.807) is 0 Å². The number of aryl methyl sites for hydroxylation is 1. The van der Waals surface area contributed by atoms with E-state index in [0.29, 0.717) is 5.56 Å². The fraction of sp³-hybridized carbons (Fsp3) is 0.308. The van der Waals surface area contributed by atoms with E-state index in [2.05, 4.69) is 25.6 Å². The average Bonchev–Trinajstić information content (AvgIpc) is 2.25. The maximum Gasteiger partial charge on any atom is 0.0991 e. The van der Waals surface area contributed by atoms with E-state index in [9.17, 15) is 0 Å². The second-order valence-corrected chi connectivity index (χ2v) is 3.31. The second kappa shape index (κ2) is 5.24. The molecular weight excluding hydrogens is 170 g/mol. The second-order valence-electron chi connectivity index (χ2n) is 3.31. The Morgan fingerprint density at radius 2 is 2.00 bits per heavy atom. The predicted molar refractivity (Wildman–Crippen MR) is 57.7 cm³/mol. The number of nitrogens with zero attached hydrogens (tertiary/aromatic N) is 1. The van der Waals surface area contributed by atoms with E-state index >= 15 is 0 Å². The molecule has 1 heteroatoms. The topological polar surface area (TPSA) is 23.8 Å². The van der Waals surface area contributed by atoms with Crippen LogP contribution in [0.5, 0.6) is 0 Å². The lowest BCUT2D eigenvalue weighted by molar-refractivity contribution is 0.794. The van der Waals surface area contributed by atoms with Crippen molar-refractivity contribution in [1.82, 2.24) is 0 Å². The molecule has 0 aliphatic rings. The summed E-state index contributed by atoms with van der Waals surface area (Å²) in [4.78, 5) is 0. The number of nitriles is 1. The molecule has 0 spiro atoms. The van der Waals surface area contributed by atoms with Crippen LogP contribution in [0, 0.1) is 17.4 Å². The molecule has 0 aliphatic carbocycles. The molecular formula is C13H14N. The van der Waals surface area contributed by atoms with Crippen molar-refractivity contribution in [3.63, 3.8) is 0 Å². The van der Waals surface area contributed by atoms with Gasteiger partial charge in [0.2, 0.25) is 0 Å². The third-order valence-corrected chi connectivity index (χ3v) is 2.15. The summed E-state index contributed by atoms with van der Waals surface area (Å²) in [7, 11) is 0. The summed E-state index contributed by atoms with van der Waals surface area (Å²) in [6, 6.07) is 7.94. The molecule has 0 bridgehead atoms. The van der Waals surface area contributed by atoms with E-state index in [4.69, 9.17) is 5.26 Å². The lowest BCUT2D eigenvalue weighted by atomic mass is 10.0. The highest BCUT2D eigenvalue weighted by atomic mass is 14.2. The summed E-state index contributed by atoms with van der Waals surface area (Å²) in [5, 5.41) is 8.81. The first-order valence-electron chi connectivity index (χ1n) is 4.87. The molecule has 0 atom stereocenters. The Bertz CT molecular complexity index is 358. The fourth-order valence-electron chi connectivity index (χ4n) is 1.38. The van der Waals surface area contributed by atoms with Crippen LogP contribution in [-0.4, -0.2) is 0 Å². The van der Waals surface area contributed by atoms with Crippen LogP contribution in [0.1, 0.15) is 36.5 Å². The number of rotatable bonds is 4. The van der Waals surface area contributed by atoms with Crippen molar-refractivity contribution in [2.24, 2.45) is 0 Å². The number of benzene rings is 1. The van der Waals surface area contributed by atoms with Crippen molar-refractivity contribution in [2.75, 3.05) is 0 Å². The Balaban J connectivity index is 2.93. The van der Waals surface area contributed by atoms with Gasteiger partial charge in [-0.05, 0) is 42.2 Å². The maximum atomic E-state index is 8.81. The highest BCUT2D eigenvalue weighted by molar-refractivity contribution is 5.39. The van der Waals surface area contributed by atoms with Crippen LogP contribution in [0.4, 0.5) is 0 Å². The van der Waals surface area contributed by atoms with Crippen LogP contribution < -0.4 is 0 Å². The van der Waals surface area contributed by atoms with Crippen LogP contribution in [0.3, 0.4) is 0 Å². The Morgan fingerprint density at radius 3 is 2.57 bits per heavy atom. The Morgan fingerprint density at radius 1 is 1.29 bits per heavy atom. The third kappa shape index (κ3) is 2.74. The van der Waals surface area contributed by atoms with Gasteiger partial charge in [0.15, 0.2) is 0 Å². The lowest BCUT2D eigenvalue weighted by Gasteiger charge is -2.02. The summed E-state index contributed by atoms with van der Waals surface area (Å²) in [5.74, 6) is 0. The van der Waals surface area contributed by atoms with Crippen molar-refractivity contribution in [1.29, 1.82) is 5.26 Å². The highest BCUT2D eigenvalue weighted by Gasteiger charge is 1.98. The van der Waals surface area contributed by atoms with Crippen LogP contribution in [0.25, 0.3) is 0 Å². The fourth-order valence-corrected chi connectivity index (χ4v) is 1.38. The minimum Gasteiger partial charge on any atom is -0.192 e. The van der Waals surface area contributed by atoms with Gasteiger partial charge in [-0.3, -0.25) is 0 Å². The smallest absolute Gasteiger partial charge is 0.0991 e. The van der Waals surface area contributed by atoms with Crippen LogP contribution in [0.2, 0.25) is 0 Å². The van der Waals surface area contributed by atoms with E-state index in [1.807, 2.05) is 18.2 Å². The number of hydrogen-bond acceptors (Lipinski definition) is 1. The average molecular weight is 184 g/mol. The van der Waals surface area contributed by atoms with Crippen molar-refractivity contribution in [3.8, 4) is 6.07 Å². The van der Waals surface area contributed by atoms with Gasteiger partial charge in [0.05, 0.1) is 11.6 Å². The van der Waals surface area contributed by atoms with Crippen molar-refractivity contribution >= 4 is 0 Å². The normalized spacial score (nSPS) is 9.43. The molecule has 1 nitrogen and oxygen atoms in total. The first kappa shape index (κ1) is 10.5. The lowest BCUT2D eigenvalue weighted by Crippen LogP contribution is -1.88. The molecule has 0 unspecified atom stereocenters. The van der Waals surface area contributed by atoms with E-state index in [1.165, 1.54) is 12.0 Å². The summed E-state index contributed by atoms with van der Waals surface area (Å²) in [6.45, 7) is 5.75. The number of hydrogen-bond donors (Lipinski definition) is 0. The molecule has 0 fully saturated rings. The monoisotopic (exact) mass is 184 g/mol. The van der Waals surface area contributed by atoms with Gasteiger partial charge in [-0.1, -0.05) is 26.0 Å². The van der Waals surface area contributed by atoms with Gasteiger partial charge in [-0.2, -0.15) is 5.26 Å². The van der Waals surface area contributed by atoms with Crippen LogP contribution in [-0.2, 0) is 6.42 Å². The third-order valence-electron chi connectivity index (χ3n) is 2.15. The van der Waals surface area contributed by atoms with Crippen molar-refractivity contribution in [3.05, 3.63) is 47.5 Å². The minimum atomic E-state index is 0.699. The maximum absolute atomic E-state index is 8.81. The Hall–Kier alpha value is -1.55. The molecule has 71 valence electrons. The molecule has 1 aromatic carbocycles. The van der Waals surface area contributed by atoms with Gasteiger partial charge in [-0.25, -0.2) is 0 Å². The number of unbranched alkanes of at least 4 members (excludes halogenated alkanes) is 1. The summed E-state index contributed by atoms with van der Waals surface area (Å²) < 4.78 is 0. The molecule has 0 saturated heterocycles. The molecule has 1 rings (SSSR count). The van der Waals surface area contributed by atoms with Crippen molar-refractivity contribution in [2.45, 2.75) is 26.2 Å². The first-order chi connectivity index (χ1) is 6.80. The molecule has 0 amide bonds. The molecule has 0 aliphatic heterocycles. The summed E-state index contributed by atoms with van der Waals surface area (Å²) in [5.41, 5.74) is 2.82. The molecule has 0 N–H and O–H groups in total. The van der Waals surface area contributed by atoms with Crippen LogP contribution >= 0.6 is 0 Å². The van der Waals surface area contributed by atoms with Gasteiger partial charge in [0.1, 0.15) is 0 Å². The SMILES string of the molecule is C=[C]c1cc(C#N)cc(CCCC)c1. The quantitative estimate of drug-likeness (QED) is 0.704. The summed E-state index contributed by atoms with van der Waals surface area (Å²) >= 11 is 0.